The molecule has 1 rings (SSSR count). The molecule has 1 unspecified atom stereocenters. The summed E-state index contributed by atoms with van der Waals surface area (Å²) in [6.07, 6.45) is 2.65. The van der Waals surface area contributed by atoms with Crippen LogP contribution in [0.25, 0.3) is 0 Å². The van der Waals surface area contributed by atoms with E-state index in [0.29, 0.717) is 0 Å². The Hall–Kier alpha value is -1.60. The topological polar surface area (TPSA) is 109 Å². The molecular weight excluding hydrogens is 280 g/mol. The minimum atomic E-state index is -3.73. The van der Waals surface area contributed by atoms with Crippen LogP contribution in [-0.4, -0.2) is 25.5 Å². The minimum absolute atomic E-state index is 0.0412. The highest BCUT2D eigenvalue weighted by Gasteiger charge is 2.20. The zero-order valence-corrected chi connectivity index (χ0v) is 12.4. The zero-order chi connectivity index (χ0) is 15.3. The molecule has 1 aromatic rings. The highest BCUT2D eigenvalue weighted by molar-refractivity contribution is 7.89. The molecule has 0 radical (unpaired) electrons. The second-order valence-electron chi connectivity index (χ2n) is 4.72. The van der Waals surface area contributed by atoms with Crippen LogP contribution in [-0.2, 0) is 10.0 Å². The molecule has 0 aliphatic carbocycles. The van der Waals surface area contributed by atoms with E-state index in [0.717, 1.165) is 25.3 Å². The van der Waals surface area contributed by atoms with Crippen LogP contribution < -0.4 is 10.5 Å². The van der Waals surface area contributed by atoms with E-state index in [-0.39, 0.29) is 22.2 Å². The lowest BCUT2D eigenvalue weighted by molar-refractivity contribution is 0.0697. The Labute approximate surface area is 119 Å². The predicted octanol–water partition coefficient (Wildman–Crippen LogP) is 1.82. The second-order valence-corrected chi connectivity index (χ2v) is 6.40. The number of benzene rings is 1. The van der Waals surface area contributed by atoms with Crippen LogP contribution in [0.1, 0.15) is 43.5 Å². The number of rotatable bonds is 7. The number of carboxylic acids is 1. The lowest BCUT2D eigenvalue weighted by Gasteiger charge is -2.15. The summed E-state index contributed by atoms with van der Waals surface area (Å²) >= 11 is 0. The molecule has 0 bridgehead atoms. The van der Waals surface area contributed by atoms with Crippen LogP contribution in [0.4, 0.5) is 5.69 Å². The first-order chi connectivity index (χ1) is 9.27. The van der Waals surface area contributed by atoms with Crippen molar-refractivity contribution in [1.29, 1.82) is 0 Å². The van der Waals surface area contributed by atoms with Crippen molar-refractivity contribution < 1.29 is 18.3 Å². The molecular formula is C13H20N2O4S. The van der Waals surface area contributed by atoms with Crippen molar-refractivity contribution in [3.8, 4) is 0 Å². The second kappa shape index (κ2) is 6.71. The maximum absolute atomic E-state index is 12.2. The normalized spacial score (nSPS) is 13.1. The van der Waals surface area contributed by atoms with Gasteiger partial charge < -0.3 is 10.8 Å². The first-order valence-electron chi connectivity index (χ1n) is 6.43. The fourth-order valence-corrected chi connectivity index (χ4v) is 3.21. The zero-order valence-electron chi connectivity index (χ0n) is 11.6. The summed E-state index contributed by atoms with van der Waals surface area (Å²) in [5.41, 5.74) is 5.53. The van der Waals surface area contributed by atoms with E-state index in [4.69, 9.17) is 10.8 Å². The molecule has 4 N–H and O–H groups in total. The summed E-state index contributed by atoms with van der Waals surface area (Å²) in [7, 11) is -3.73. The third-order valence-corrected chi connectivity index (χ3v) is 4.56. The van der Waals surface area contributed by atoms with Crippen LogP contribution in [0.3, 0.4) is 0 Å². The summed E-state index contributed by atoms with van der Waals surface area (Å²) < 4.78 is 26.9. The van der Waals surface area contributed by atoms with Gasteiger partial charge in [-0.1, -0.05) is 19.8 Å². The van der Waals surface area contributed by atoms with Crippen molar-refractivity contribution in [2.75, 3.05) is 5.73 Å². The van der Waals surface area contributed by atoms with Crippen LogP contribution in [0.2, 0.25) is 0 Å². The number of carbonyl (C=O) groups is 1. The Kier molecular flexibility index (Phi) is 5.52. The molecule has 0 aliphatic heterocycles. The number of aromatic carboxylic acids is 1. The van der Waals surface area contributed by atoms with Crippen molar-refractivity contribution in [3.63, 3.8) is 0 Å². The summed E-state index contributed by atoms with van der Waals surface area (Å²) in [6.45, 7) is 3.82. The number of sulfonamides is 1. The molecule has 0 fully saturated rings. The maximum Gasteiger partial charge on any atom is 0.335 e. The van der Waals surface area contributed by atoms with Crippen LogP contribution in [0.15, 0.2) is 23.1 Å². The van der Waals surface area contributed by atoms with Gasteiger partial charge in [-0.25, -0.2) is 17.9 Å². The molecule has 6 nitrogen and oxygen atoms in total. The van der Waals surface area contributed by atoms with Crippen molar-refractivity contribution in [2.45, 2.75) is 44.0 Å². The molecule has 0 amide bonds. The number of nitrogen functional groups attached to an aromatic ring is 1. The fourth-order valence-electron chi connectivity index (χ4n) is 1.82. The predicted molar refractivity (Wildman–Crippen MR) is 77.1 cm³/mol. The van der Waals surface area contributed by atoms with Gasteiger partial charge in [-0.3, -0.25) is 0 Å². The molecule has 1 aromatic carbocycles. The molecule has 20 heavy (non-hydrogen) atoms. The summed E-state index contributed by atoms with van der Waals surface area (Å²) in [5.74, 6) is -1.15. The Morgan fingerprint density at radius 1 is 1.45 bits per heavy atom. The molecule has 0 heterocycles. The quantitative estimate of drug-likeness (QED) is 0.665. The number of nitrogens with one attached hydrogen (secondary N) is 1. The van der Waals surface area contributed by atoms with Gasteiger partial charge in [0.05, 0.1) is 11.3 Å². The number of anilines is 1. The Morgan fingerprint density at radius 2 is 2.10 bits per heavy atom. The van der Waals surface area contributed by atoms with E-state index in [9.17, 15) is 13.2 Å². The van der Waals surface area contributed by atoms with Crippen molar-refractivity contribution in [3.05, 3.63) is 23.8 Å². The van der Waals surface area contributed by atoms with Gasteiger partial charge in [0.25, 0.3) is 0 Å². The average molecular weight is 300 g/mol. The van der Waals surface area contributed by atoms with Gasteiger partial charge in [0.1, 0.15) is 4.90 Å². The number of hydrogen-bond donors (Lipinski definition) is 3. The third kappa shape index (κ3) is 4.21. The maximum atomic E-state index is 12.2. The lowest BCUT2D eigenvalue weighted by atomic mass is 10.2. The van der Waals surface area contributed by atoms with E-state index < -0.39 is 16.0 Å². The van der Waals surface area contributed by atoms with Gasteiger partial charge >= 0.3 is 5.97 Å². The summed E-state index contributed by atoms with van der Waals surface area (Å²) in [6, 6.07) is 3.39. The third-order valence-electron chi connectivity index (χ3n) is 2.89. The molecule has 0 aromatic heterocycles. The standard InChI is InChI=1S/C13H20N2O4S/c1-3-4-5-9(2)15-20(18,19)12-7-6-10(13(16)17)8-11(12)14/h6-9,15H,3-5,14H2,1-2H3,(H,16,17). The van der Waals surface area contributed by atoms with Gasteiger partial charge in [-0.15, -0.1) is 0 Å². The Balaban J connectivity index is 2.95. The molecule has 0 saturated carbocycles. The van der Waals surface area contributed by atoms with E-state index in [1.54, 1.807) is 6.92 Å². The monoisotopic (exact) mass is 300 g/mol. The SMILES string of the molecule is CCCCC(C)NS(=O)(=O)c1ccc(C(=O)O)cc1N. The van der Waals surface area contributed by atoms with Gasteiger partial charge in [0, 0.05) is 6.04 Å². The van der Waals surface area contributed by atoms with E-state index in [2.05, 4.69) is 4.72 Å². The van der Waals surface area contributed by atoms with Crippen molar-refractivity contribution in [2.24, 2.45) is 0 Å². The molecule has 0 aliphatic rings. The first-order valence-corrected chi connectivity index (χ1v) is 7.91. The fraction of sp³-hybridized carbons (Fsp3) is 0.462. The molecule has 7 heteroatoms. The van der Waals surface area contributed by atoms with Crippen molar-refractivity contribution >= 4 is 21.7 Å². The molecule has 0 spiro atoms. The molecule has 112 valence electrons. The Morgan fingerprint density at radius 3 is 2.60 bits per heavy atom. The minimum Gasteiger partial charge on any atom is -0.478 e. The average Bonchev–Trinajstić information content (AvgIpc) is 2.35. The van der Waals surface area contributed by atoms with Gasteiger partial charge in [-0.2, -0.15) is 0 Å². The van der Waals surface area contributed by atoms with E-state index in [1.807, 2.05) is 6.92 Å². The summed E-state index contributed by atoms with van der Waals surface area (Å²) in [4.78, 5) is 10.7. The lowest BCUT2D eigenvalue weighted by Crippen LogP contribution is -2.33. The number of nitrogens with two attached hydrogens (primary N) is 1. The first kappa shape index (κ1) is 16.5. The van der Waals surface area contributed by atoms with Crippen LogP contribution in [0.5, 0.6) is 0 Å². The van der Waals surface area contributed by atoms with Gasteiger partial charge in [0.2, 0.25) is 10.0 Å². The van der Waals surface area contributed by atoms with E-state index in [1.165, 1.54) is 12.1 Å². The smallest absolute Gasteiger partial charge is 0.335 e. The number of hydrogen-bond acceptors (Lipinski definition) is 4. The van der Waals surface area contributed by atoms with E-state index >= 15 is 0 Å². The summed E-state index contributed by atoms with van der Waals surface area (Å²) in [5, 5.41) is 8.82. The van der Waals surface area contributed by atoms with Gasteiger partial charge in [-0.05, 0) is 31.5 Å². The number of carboxylic acid groups (broad SMARTS) is 1. The highest BCUT2D eigenvalue weighted by Crippen LogP contribution is 2.20. The van der Waals surface area contributed by atoms with Crippen LogP contribution in [0, 0.1) is 0 Å². The molecule has 0 saturated heterocycles. The highest BCUT2D eigenvalue weighted by atomic mass is 32.2. The largest absolute Gasteiger partial charge is 0.478 e. The van der Waals surface area contributed by atoms with Gasteiger partial charge in [0.15, 0.2) is 0 Å². The van der Waals surface area contributed by atoms with Crippen LogP contribution >= 0.6 is 0 Å². The number of unbranched alkanes of at least 4 members (excludes halogenated alkanes) is 1. The Bertz CT molecular complexity index is 584. The van der Waals surface area contributed by atoms with Crippen molar-refractivity contribution in [1.82, 2.24) is 4.72 Å². The molecule has 1 atom stereocenters.